The Morgan fingerprint density at radius 2 is 1.52 bits per heavy atom. The minimum Gasteiger partial charge on any atom is -0.394 e. The van der Waals surface area contributed by atoms with Gasteiger partial charge in [0.15, 0.2) is 18.6 Å². The summed E-state index contributed by atoms with van der Waals surface area (Å²) in [6, 6.07) is 0. The van der Waals surface area contributed by atoms with E-state index in [0.29, 0.717) is 0 Å². The third-order valence-corrected chi connectivity index (χ3v) is 8.35. The fraction of sp³-hybridized carbons (Fsp3) is 0.429. The molecule has 12 N–H and O–H groups in total. The summed E-state index contributed by atoms with van der Waals surface area (Å²) in [5.74, 6) is -1.49. The number of nitrogens with zero attached hydrogens (tertiary/aromatic N) is 6. The summed E-state index contributed by atoms with van der Waals surface area (Å²) < 4.78 is 14.2. The number of hydroxylamine groups is 1. The number of anilines is 2. The number of aliphatic hydroxyl groups excluding tert-OH is 5. The van der Waals surface area contributed by atoms with Crippen molar-refractivity contribution in [1.82, 2.24) is 34.6 Å². The summed E-state index contributed by atoms with van der Waals surface area (Å²) >= 11 is 0. The van der Waals surface area contributed by atoms with Crippen molar-refractivity contribution < 1.29 is 49.4 Å². The maximum absolute atomic E-state index is 13.7. The number of hydrogen-bond acceptors (Lipinski definition) is 16. The van der Waals surface area contributed by atoms with Crippen molar-refractivity contribution in [1.29, 1.82) is 0 Å². The Balaban J connectivity index is 1.39. The van der Waals surface area contributed by atoms with Gasteiger partial charge in [-0.25, -0.2) is 25.4 Å². The van der Waals surface area contributed by atoms with Gasteiger partial charge in [-0.15, -0.1) is 0 Å². The Morgan fingerprint density at radius 1 is 0.938 bits per heavy atom. The van der Waals surface area contributed by atoms with E-state index in [2.05, 4.69) is 32.0 Å². The highest BCUT2D eigenvalue weighted by Gasteiger charge is 2.48. The van der Waals surface area contributed by atoms with E-state index in [1.54, 1.807) is 13.8 Å². The summed E-state index contributed by atoms with van der Waals surface area (Å²) in [5, 5.41) is 51.9. The number of nitrogen functional groups attached to an aromatic ring is 2. The molecular formula is C28H34N10O10. The first kappa shape index (κ1) is 33.1. The third kappa shape index (κ3) is 5.11. The number of aliphatic hydroxyl groups is 5. The van der Waals surface area contributed by atoms with Crippen molar-refractivity contribution in [2.24, 2.45) is 5.73 Å². The predicted molar refractivity (Wildman–Crippen MR) is 164 cm³/mol. The zero-order chi connectivity index (χ0) is 34.8. The zero-order valence-corrected chi connectivity index (χ0v) is 25.6. The number of carbonyl (C=O) groups excluding carboxylic acids is 2. The molecule has 6 rings (SSSR count). The third-order valence-electron chi connectivity index (χ3n) is 8.35. The standard InChI is InChI=1S/C28H34N10O10/c1-4-11-15(23(31)44)16-22(30)33-9(3)35-25(16)38(11)28-20(18(42)13(7-40)47-28)48-36-26(45)10-5-37(24-14(10)21(29)32-8(2)34-24)27-19(43)17(41)12(6-39)46-27/h4-5,12-13,17-20,27-28,39-43H,1,6-7H2,2-3H3,(H2,31,44)(H,36,45)(H2,29,32,34)(H2,30,33,35)/t12-,13-,17-,18-,19+,20-,27-,28-/m1/s1. The number of fused-ring (bicyclic) bond motifs is 2. The number of rotatable bonds is 9. The average Bonchev–Trinajstić information content (AvgIpc) is 3.75. The molecule has 2 aliphatic rings. The van der Waals surface area contributed by atoms with Crippen LogP contribution in [0.2, 0.25) is 0 Å². The predicted octanol–water partition coefficient (Wildman–Crippen LogP) is -2.71. The maximum Gasteiger partial charge on any atom is 0.277 e. The topological polar surface area (TPSA) is 314 Å². The van der Waals surface area contributed by atoms with Gasteiger partial charge in [-0.05, 0) is 19.9 Å². The van der Waals surface area contributed by atoms with Gasteiger partial charge in [0.1, 0.15) is 65.1 Å². The van der Waals surface area contributed by atoms with Crippen LogP contribution >= 0.6 is 0 Å². The van der Waals surface area contributed by atoms with E-state index in [1.165, 1.54) is 21.4 Å². The van der Waals surface area contributed by atoms with Gasteiger partial charge in [-0.1, -0.05) is 6.58 Å². The number of nitrogens with one attached hydrogen (secondary N) is 1. The van der Waals surface area contributed by atoms with Crippen LogP contribution in [0.4, 0.5) is 11.6 Å². The quantitative estimate of drug-likeness (QED) is 0.0817. The summed E-state index contributed by atoms with van der Waals surface area (Å²) in [5.41, 5.74) is 20.4. The van der Waals surface area contributed by atoms with Crippen molar-refractivity contribution in [3.8, 4) is 0 Å². The molecule has 0 aromatic carbocycles. The molecule has 256 valence electrons. The second-order valence-corrected chi connectivity index (χ2v) is 11.3. The minimum absolute atomic E-state index is 0.0477. The lowest BCUT2D eigenvalue weighted by Gasteiger charge is -2.23. The van der Waals surface area contributed by atoms with Crippen LogP contribution in [0.3, 0.4) is 0 Å². The SMILES string of the molecule is C=Cc1c(C(N)=O)c2c(N)nc(C)nc2n1[C@@H]1O[C@H](CO)[C@@H](O)[C@H]1ONC(=O)c1cn([C@@H]2O[C@H](CO)[C@@H](O)[C@@H]2O)c2nc(C)nc(N)c12. The molecule has 0 spiro atoms. The van der Waals surface area contributed by atoms with Crippen molar-refractivity contribution >= 4 is 51.6 Å². The first-order valence-electron chi connectivity index (χ1n) is 14.6. The van der Waals surface area contributed by atoms with Crippen molar-refractivity contribution in [3.63, 3.8) is 0 Å². The van der Waals surface area contributed by atoms with Crippen molar-refractivity contribution in [2.45, 2.75) is 62.9 Å². The van der Waals surface area contributed by atoms with E-state index in [4.69, 9.17) is 31.5 Å². The number of primary amides is 1. The number of aryl methyl sites for hydroxylation is 2. The monoisotopic (exact) mass is 670 g/mol. The van der Waals surface area contributed by atoms with E-state index < -0.39 is 74.1 Å². The first-order chi connectivity index (χ1) is 22.8. The smallest absolute Gasteiger partial charge is 0.277 e. The van der Waals surface area contributed by atoms with Crippen LogP contribution in [0, 0.1) is 13.8 Å². The Bertz CT molecular complexity index is 1950. The molecule has 2 fully saturated rings. The second-order valence-electron chi connectivity index (χ2n) is 11.3. The summed E-state index contributed by atoms with van der Waals surface area (Å²) in [6.07, 6.45) is -8.33. The fourth-order valence-corrected chi connectivity index (χ4v) is 6.21. The molecule has 8 atom stereocenters. The lowest BCUT2D eigenvalue weighted by atomic mass is 10.1. The van der Waals surface area contributed by atoms with Crippen molar-refractivity contribution in [2.75, 3.05) is 24.7 Å². The molecule has 0 unspecified atom stereocenters. The van der Waals surface area contributed by atoms with Crippen molar-refractivity contribution in [3.05, 3.63) is 41.2 Å². The normalized spacial score (nSPS) is 27.2. The molecule has 0 bridgehead atoms. The second kappa shape index (κ2) is 12.3. The van der Waals surface area contributed by atoms with E-state index in [0.717, 1.165) is 0 Å². The van der Waals surface area contributed by atoms with Gasteiger partial charge in [-0.3, -0.25) is 19.0 Å². The summed E-state index contributed by atoms with van der Waals surface area (Å²) in [4.78, 5) is 49.1. The summed E-state index contributed by atoms with van der Waals surface area (Å²) in [6.45, 7) is 5.65. The van der Waals surface area contributed by atoms with Crippen LogP contribution in [0.5, 0.6) is 0 Å². The number of hydrogen-bond donors (Lipinski definition) is 9. The van der Waals surface area contributed by atoms with Crippen LogP contribution in [-0.2, 0) is 14.3 Å². The largest absolute Gasteiger partial charge is 0.394 e. The fourth-order valence-electron chi connectivity index (χ4n) is 6.21. The first-order valence-corrected chi connectivity index (χ1v) is 14.6. The highest BCUT2D eigenvalue weighted by molar-refractivity contribution is 6.12. The van der Waals surface area contributed by atoms with Crippen LogP contribution in [0.25, 0.3) is 28.1 Å². The lowest BCUT2D eigenvalue weighted by molar-refractivity contribution is -0.0980. The Morgan fingerprint density at radius 3 is 2.10 bits per heavy atom. The van der Waals surface area contributed by atoms with Crippen LogP contribution in [0.1, 0.15) is 50.5 Å². The maximum atomic E-state index is 13.7. The number of amides is 2. The lowest BCUT2D eigenvalue weighted by Crippen LogP contribution is -2.41. The number of ether oxygens (including phenoxy) is 2. The molecule has 4 aromatic rings. The molecule has 0 aliphatic carbocycles. The van der Waals surface area contributed by atoms with Crippen LogP contribution in [-0.4, -0.2) is 116 Å². The van der Waals surface area contributed by atoms with Gasteiger partial charge in [0.05, 0.1) is 40.8 Å². The Kier molecular flexibility index (Phi) is 8.51. The van der Waals surface area contributed by atoms with E-state index >= 15 is 0 Å². The summed E-state index contributed by atoms with van der Waals surface area (Å²) in [7, 11) is 0. The molecule has 0 saturated carbocycles. The van der Waals surface area contributed by atoms with E-state index in [1.807, 2.05) is 0 Å². The molecule has 0 radical (unpaired) electrons. The molecule has 6 heterocycles. The van der Waals surface area contributed by atoms with E-state index in [9.17, 15) is 35.1 Å². The molecule has 2 saturated heterocycles. The Hall–Kier alpha value is -4.80. The molecule has 20 heteroatoms. The number of aromatic nitrogens is 6. The number of nitrogens with two attached hydrogens (primary N) is 3. The average molecular weight is 671 g/mol. The molecule has 20 nitrogen and oxygen atoms in total. The van der Waals surface area contributed by atoms with Gasteiger partial charge in [-0.2, -0.15) is 0 Å². The van der Waals surface area contributed by atoms with Gasteiger partial charge in [0.2, 0.25) is 0 Å². The van der Waals surface area contributed by atoms with E-state index in [-0.39, 0.29) is 62.2 Å². The van der Waals surface area contributed by atoms with Crippen LogP contribution in [0.15, 0.2) is 12.8 Å². The number of carbonyl (C=O) groups is 2. The molecular weight excluding hydrogens is 636 g/mol. The Labute approximate surface area is 270 Å². The zero-order valence-electron chi connectivity index (χ0n) is 25.6. The molecule has 48 heavy (non-hydrogen) atoms. The highest BCUT2D eigenvalue weighted by atomic mass is 16.7. The molecule has 2 amide bonds. The van der Waals surface area contributed by atoms with Crippen LogP contribution < -0.4 is 22.7 Å². The molecule has 4 aromatic heterocycles. The van der Waals surface area contributed by atoms with Gasteiger partial charge < -0.3 is 56.8 Å². The van der Waals surface area contributed by atoms with Gasteiger partial charge in [0, 0.05) is 6.20 Å². The minimum atomic E-state index is -1.54. The molecule has 2 aliphatic heterocycles. The van der Waals surface area contributed by atoms with Gasteiger partial charge >= 0.3 is 0 Å². The highest BCUT2D eigenvalue weighted by Crippen LogP contribution is 2.39. The van der Waals surface area contributed by atoms with Gasteiger partial charge in [0.25, 0.3) is 11.8 Å².